The summed E-state index contributed by atoms with van der Waals surface area (Å²) in [6, 6.07) is 6.25. The molecule has 0 radical (unpaired) electrons. The highest BCUT2D eigenvalue weighted by Gasteiger charge is 2.29. The largest absolute Gasteiger partial charge is 0.333 e. The molecule has 3 aromatic heterocycles. The Morgan fingerprint density at radius 2 is 2.04 bits per heavy atom. The van der Waals surface area contributed by atoms with Crippen LogP contribution >= 0.6 is 0 Å². The molecule has 0 aromatic carbocycles. The van der Waals surface area contributed by atoms with Crippen molar-refractivity contribution in [2.75, 3.05) is 13.1 Å². The zero-order chi connectivity index (χ0) is 18.1. The second kappa shape index (κ2) is 6.92. The van der Waals surface area contributed by atoms with Crippen LogP contribution in [0.5, 0.6) is 0 Å². The number of nitrogens with one attached hydrogen (secondary N) is 2. The Labute approximate surface area is 152 Å². The first-order chi connectivity index (χ1) is 12.6. The fourth-order valence-electron chi connectivity index (χ4n) is 3.71. The van der Waals surface area contributed by atoms with E-state index in [2.05, 4.69) is 34.1 Å². The fourth-order valence-corrected chi connectivity index (χ4v) is 3.71. The lowest BCUT2D eigenvalue weighted by Crippen LogP contribution is -2.49. The Balaban J connectivity index is 1.63. The van der Waals surface area contributed by atoms with Gasteiger partial charge in [0.05, 0.1) is 12.4 Å². The van der Waals surface area contributed by atoms with E-state index in [0.29, 0.717) is 11.5 Å². The SMILES string of the molecule is CC(C)N(C(=O)c1cnc(-c2cnc3ccccn23)[nH]1)C1CCNCC1. The molecule has 0 bridgehead atoms. The number of pyridine rings is 1. The van der Waals surface area contributed by atoms with Crippen molar-refractivity contribution >= 4 is 11.6 Å². The number of H-pyrrole nitrogens is 1. The molecule has 0 saturated carbocycles. The Morgan fingerprint density at radius 3 is 2.81 bits per heavy atom. The average Bonchev–Trinajstić information content (AvgIpc) is 3.29. The molecule has 0 unspecified atom stereocenters. The van der Waals surface area contributed by atoms with Crippen molar-refractivity contribution in [3.05, 3.63) is 42.5 Å². The zero-order valence-electron chi connectivity index (χ0n) is 15.1. The first-order valence-electron chi connectivity index (χ1n) is 9.16. The molecule has 2 N–H and O–H groups in total. The van der Waals surface area contributed by atoms with Crippen LogP contribution < -0.4 is 5.32 Å². The van der Waals surface area contributed by atoms with Crippen molar-refractivity contribution in [3.63, 3.8) is 0 Å². The van der Waals surface area contributed by atoms with Crippen LogP contribution in [0.2, 0.25) is 0 Å². The van der Waals surface area contributed by atoms with Crippen LogP contribution in [0.4, 0.5) is 0 Å². The van der Waals surface area contributed by atoms with Crippen molar-refractivity contribution in [3.8, 4) is 11.5 Å². The molecule has 7 heteroatoms. The van der Waals surface area contributed by atoms with E-state index in [1.165, 1.54) is 0 Å². The van der Waals surface area contributed by atoms with Crippen molar-refractivity contribution in [1.29, 1.82) is 0 Å². The van der Waals surface area contributed by atoms with Gasteiger partial charge in [0.25, 0.3) is 5.91 Å². The molecule has 0 aliphatic carbocycles. The van der Waals surface area contributed by atoms with Crippen LogP contribution in [-0.2, 0) is 0 Å². The highest BCUT2D eigenvalue weighted by Crippen LogP contribution is 2.21. The van der Waals surface area contributed by atoms with Gasteiger partial charge >= 0.3 is 0 Å². The molecular formula is C19H24N6O. The van der Waals surface area contributed by atoms with Gasteiger partial charge in [-0.2, -0.15) is 0 Å². The van der Waals surface area contributed by atoms with Crippen molar-refractivity contribution in [2.24, 2.45) is 0 Å². The topological polar surface area (TPSA) is 78.3 Å². The second-order valence-corrected chi connectivity index (χ2v) is 7.01. The minimum atomic E-state index is 0.0134. The minimum absolute atomic E-state index is 0.0134. The Hall–Kier alpha value is -2.67. The normalized spacial score (nSPS) is 15.7. The van der Waals surface area contributed by atoms with Crippen molar-refractivity contribution in [1.82, 2.24) is 29.6 Å². The lowest BCUT2D eigenvalue weighted by Gasteiger charge is -2.37. The number of rotatable bonds is 4. The average molecular weight is 352 g/mol. The molecule has 26 heavy (non-hydrogen) atoms. The molecule has 7 nitrogen and oxygen atoms in total. The number of hydrogen-bond acceptors (Lipinski definition) is 4. The monoisotopic (exact) mass is 352 g/mol. The predicted octanol–water partition coefficient (Wildman–Crippen LogP) is 2.33. The maximum absolute atomic E-state index is 13.1. The van der Waals surface area contributed by atoms with Gasteiger partial charge in [0, 0.05) is 18.3 Å². The molecular weight excluding hydrogens is 328 g/mol. The smallest absolute Gasteiger partial charge is 0.272 e. The maximum atomic E-state index is 13.1. The summed E-state index contributed by atoms with van der Waals surface area (Å²) in [5.74, 6) is 0.667. The lowest BCUT2D eigenvalue weighted by molar-refractivity contribution is 0.0560. The quantitative estimate of drug-likeness (QED) is 0.755. The van der Waals surface area contributed by atoms with Crippen LogP contribution in [0.1, 0.15) is 37.2 Å². The standard InChI is InChI=1S/C19H24N6O/c1-13(2)25(14-6-8-20-9-7-14)19(26)15-11-22-18(23-15)16-12-21-17-5-3-4-10-24(16)17/h3-5,10-14,20H,6-9H2,1-2H3,(H,22,23). The van der Waals surface area contributed by atoms with E-state index >= 15 is 0 Å². The number of hydrogen-bond donors (Lipinski definition) is 2. The van der Waals surface area contributed by atoms with Gasteiger partial charge in [0.15, 0.2) is 5.82 Å². The molecule has 4 rings (SSSR count). The lowest BCUT2D eigenvalue weighted by atomic mass is 10.0. The summed E-state index contributed by atoms with van der Waals surface area (Å²) in [5, 5.41) is 3.36. The summed E-state index contributed by atoms with van der Waals surface area (Å²) in [4.78, 5) is 27.2. The number of nitrogens with zero attached hydrogens (tertiary/aromatic N) is 4. The number of carbonyl (C=O) groups is 1. The van der Waals surface area contributed by atoms with Crippen molar-refractivity contribution in [2.45, 2.75) is 38.8 Å². The van der Waals surface area contributed by atoms with Gasteiger partial charge in [-0.15, -0.1) is 0 Å². The molecule has 3 aromatic rings. The Kier molecular flexibility index (Phi) is 4.46. The Bertz CT molecular complexity index is 906. The van der Waals surface area contributed by atoms with Crippen LogP contribution in [0, 0.1) is 0 Å². The minimum Gasteiger partial charge on any atom is -0.333 e. The molecule has 0 spiro atoms. The van der Waals surface area contributed by atoms with Gasteiger partial charge in [-0.3, -0.25) is 9.20 Å². The maximum Gasteiger partial charge on any atom is 0.272 e. The van der Waals surface area contributed by atoms with Crippen molar-refractivity contribution < 1.29 is 4.79 Å². The first kappa shape index (κ1) is 16.8. The van der Waals surface area contributed by atoms with Crippen LogP contribution in [0.15, 0.2) is 36.8 Å². The first-order valence-corrected chi connectivity index (χ1v) is 9.16. The van der Waals surface area contributed by atoms with E-state index in [0.717, 1.165) is 37.3 Å². The molecule has 1 amide bonds. The number of aromatic amines is 1. The third-order valence-electron chi connectivity index (χ3n) is 4.96. The molecule has 1 aliphatic heterocycles. The fraction of sp³-hybridized carbons (Fsp3) is 0.421. The second-order valence-electron chi connectivity index (χ2n) is 7.01. The number of carbonyl (C=O) groups excluding carboxylic acids is 1. The summed E-state index contributed by atoms with van der Waals surface area (Å²) in [7, 11) is 0. The van der Waals surface area contributed by atoms with E-state index in [1.807, 2.05) is 33.7 Å². The van der Waals surface area contributed by atoms with E-state index in [1.54, 1.807) is 12.4 Å². The summed E-state index contributed by atoms with van der Waals surface area (Å²) < 4.78 is 1.96. The van der Waals surface area contributed by atoms with E-state index < -0.39 is 0 Å². The van der Waals surface area contributed by atoms with Crippen LogP contribution in [0.3, 0.4) is 0 Å². The summed E-state index contributed by atoms with van der Waals surface area (Å²) in [6.07, 6.45) is 7.32. The van der Waals surface area contributed by atoms with Crippen LogP contribution in [-0.4, -0.2) is 55.3 Å². The third-order valence-corrected chi connectivity index (χ3v) is 4.96. The van der Waals surface area contributed by atoms with E-state index in [-0.39, 0.29) is 18.0 Å². The number of imidazole rings is 2. The van der Waals surface area contributed by atoms with Gasteiger partial charge in [-0.25, -0.2) is 9.97 Å². The summed E-state index contributed by atoms with van der Waals surface area (Å²) >= 11 is 0. The van der Waals surface area contributed by atoms with E-state index in [9.17, 15) is 4.79 Å². The molecule has 0 atom stereocenters. The number of fused-ring (bicyclic) bond motifs is 1. The number of piperidine rings is 1. The van der Waals surface area contributed by atoms with Gasteiger partial charge in [-0.1, -0.05) is 6.07 Å². The van der Waals surface area contributed by atoms with Gasteiger partial charge < -0.3 is 15.2 Å². The summed E-state index contributed by atoms with van der Waals surface area (Å²) in [6.45, 7) is 6.05. The van der Waals surface area contributed by atoms with Gasteiger partial charge in [0.2, 0.25) is 0 Å². The van der Waals surface area contributed by atoms with Crippen LogP contribution in [0.25, 0.3) is 17.2 Å². The highest BCUT2D eigenvalue weighted by atomic mass is 16.2. The summed E-state index contributed by atoms with van der Waals surface area (Å²) in [5.41, 5.74) is 2.22. The highest BCUT2D eigenvalue weighted by molar-refractivity contribution is 5.93. The molecule has 1 aliphatic rings. The van der Waals surface area contributed by atoms with E-state index in [4.69, 9.17) is 0 Å². The van der Waals surface area contributed by atoms with Gasteiger partial charge in [0.1, 0.15) is 17.0 Å². The Morgan fingerprint density at radius 1 is 1.23 bits per heavy atom. The third kappa shape index (κ3) is 2.99. The molecule has 136 valence electrons. The molecule has 1 fully saturated rings. The number of aromatic nitrogens is 4. The number of amides is 1. The predicted molar refractivity (Wildman–Crippen MR) is 100.0 cm³/mol. The molecule has 4 heterocycles. The zero-order valence-corrected chi connectivity index (χ0v) is 15.1. The van der Waals surface area contributed by atoms with Gasteiger partial charge in [-0.05, 0) is 51.9 Å². The molecule has 1 saturated heterocycles.